The fourth-order valence-corrected chi connectivity index (χ4v) is 3.33. The number of nitrogens with one attached hydrogen (secondary N) is 1. The summed E-state index contributed by atoms with van der Waals surface area (Å²) in [5.74, 6) is -0.489. The zero-order chi connectivity index (χ0) is 21.3. The summed E-state index contributed by atoms with van der Waals surface area (Å²) in [6.45, 7) is 1.73. The van der Waals surface area contributed by atoms with E-state index in [0.29, 0.717) is 5.69 Å². The van der Waals surface area contributed by atoms with Crippen molar-refractivity contribution >= 4 is 29.2 Å². The van der Waals surface area contributed by atoms with Crippen molar-refractivity contribution in [1.82, 2.24) is 15.2 Å². The molecule has 1 N–H and O–H groups in total. The predicted octanol–water partition coefficient (Wildman–Crippen LogP) is 3.62. The molecule has 1 aromatic heterocycles. The van der Waals surface area contributed by atoms with E-state index >= 15 is 0 Å². The molecule has 1 aliphatic heterocycles. The van der Waals surface area contributed by atoms with Crippen molar-refractivity contribution in [2.24, 2.45) is 0 Å². The molecule has 0 bridgehead atoms. The summed E-state index contributed by atoms with van der Waals surface area (Å²) in [7, 11) is 1.49. The van der Waals surface area contributed by atoms with E-state index in [1.54, 1.807) is 18.3 Å². The summed E-state index contributed by atoms with van der Waals surface area (Å²) in [5, 5.41) is 2.11. The number of likely N-dealkylation sites (N-methyl/N-ethyl adjacent to an activating group) is 1. The fourth-order valence-electron chi connectivity index (χ4n) is 3.03. The van der Waals surface area contributed by atoms with Gasteiger partial charge in [0.05, 0.1) is 29.0 Å². The maximum Gasteiger partial charge on any atom is 0.417 e. The van der Waals surface area contributed by atoms with Gasteiger partial charge >= 0.3 is 12.2 Å². The Labute approximate surface area is 170 Å². The minimum Gasteiger partial charge on any atom is -0.350 e. The molecule has 1 saturated heterocycles. The molecule has 1 atom stereocenters. The SMILES string of the molecule is Cc1ccc(N2CC(C(=O)NCc3cccc(C(F)(F)F)c3Cl)N(C)C2=O)cn1. The van der Waals surface area contributed by atoms with E-state index in [9.17, 15) is 22.8 Å². The molecule has 1 aromatic carbocycles. The molecular weight excluding hydrogens is 409 g/mol. The number of urea groups is 1. The summed E-state index contributed by atoms with van der Waals surface area (Å²) in [6.07, 6.45) is -3.04. The summed E-state index contributed by atoms with van der Waals surface area (Å²) < 4.78 is 38.9. The van der Waals surface area contributed by atoms with Gasteiger partial charge in [-0.05, 0) is 30.7 Å². The van der Waals surface area contributed by atoms with Gasteiger partial charge in [-0.1, -0.05) is 23.7 Å². The van der Waals surface area contributed by atoms with Crippen molar-refractivity contribution in [2.75, 3.05) is 18.5 Å². The third kappa shape index (κ3) is 4.29. The summed E-state index contributed by atoms with van der Waals surface area (Å²) in [5.41, 5.74) is 0.531. The molecule has 2 heterocycles. The zero-order valence-electron chi connectivity index (χ0n) is 15.6. The van der Waals surface area contributed by atoms with E-state index < -0.39 is 28.7 Å². The average Bonchev–Trinajstić information content (AvgIpc) is 2.96. The second kappa shape index (κ2) is 7.90. The van der Waals surface area contributed by atoms with E-state index in [4.69, 9.17) is 11.6 Å². The quantitative estimate of drug-likeness (QED) is 0.812. The van der Waals surface area contributed by atoms with Gasteiger partial charge in [0.15, 0.2) is 0 Å². The molecular formula is C19H18ClF3N4O2. The Morgan fingerprint density at radius 2 is 2.03 bits per heavy atom. The molecule has 0 aliphatic carbocycles. The molecule has 154 valence electrons. The van der Waals surface area contributed by atoms with Crippen LogP contribution >= 0.6 is 11.6 Å². The van der Waals surface area contributed by atoms with Crippen LogP contribution in [0.5, 0.6) is 0 Å². The van der Waals surface area contributed by atoms with E-state index in [1.165, 1.54) is 29.0 Å². The molecule has 2 aromatic rings. The van der Waals surface area contributed by atoms with Gasteiger partial charge in [0.25, 0.3) is 0 Å². The van der Waals surface area contributed by atoms with E-state index in [1.807, 2.05) is 6.92 Å². The van der Waals surface area contributed by atoms with Crippen LogP contribution < -0.4 is 10.2 Å². The van der Waals surface area contributed by atoms with Gasteiger partial charge in [0.2, 0.25) is 5.91 Å². The lowest BCUT2D eigenvalue weighted by Crippen LogP contribution is -2.43. The van der Waals surface area contributed by atoms with Gasteiger partial charge in [0, 0.05) is 19.3 Å². The summed E-state index contributed by atoms with van der Waals surface area (Å²) >= 11 is 5.85. The fraction of sp³-hybridized carbons (Fsp3) is 0.316. The Hall–Kier alpha value is -2.81. The normalized spacial score (nSPS) is 17.0. The van der Waals surface area contributed by atoms with Crippen LogP contribution in [0.2, 0.25) is 5.02 Å². The highest BCUT2D eigenvalue weighted by molar-refractivity contribution is 6.32. The zero-order valence-corrected chi connectivity index (χ0v) is 16.4. The van der Waals surface area contributed by atoms with E-state index in [-0.39, 0.29) is 24.7 Å². The second-order valence-electron chi connectivity index (χ2n) is 6.67. The first-order valence-electron chi connectivity index (χ1n) is 8.69. The first-order chi connectivity index (χ1) is 13.6. The number of carbonyl (C=O) groups excluding carboxylic acids is 2. The number of anilines is 1. The lowest BCUT2D eigenvalue weighted by Gasteiger charge is -2.18. The summed E-state index contributed by atoms with van der Waals surface area (Å²) in [6, 6.07) is 5.84. The first-order valence-corrected chi connectivity index (χ1v) is 9.06. The number of benzene rings is 1. The topological polar surface area (TPSA) is 65.5 Å². The van der Waals surface area contributed by atoms with Crippen LogP contribution in [0.15, 0.2) is 36.5 Å². The largest absolute Gasteiger partial charge is 0.417 e. The van der Waals surface area contributed by atoms with Crippen LogP contribution in [-0.2, 0) is 17.5 Å². The number of carbonyl (C=O) groups is 2. The minimum absolute atomic E-state index is 0.0994. The molecule has 1 aliphatic rings. The molecule has 6 nitrogen and oxygen atoms in total. The average molecular weight is 427 g/mol. The standard InChI is InChI=1S/C19H18ClF3N4O2/c1-11-6-7-13(9-24-11)27-10-15(26(2)18(27)29)17(28)25-8-12-4-3-5-14(16(12)20)19(21,22)23/h3-7,9,15H,8,10H2,1-2H3,(H,25,28). The molecule has 3 amide bonds. The highest BCUT2D eigenvalue weighted by atomic mass is 35.5. The van der Waals surface area contributed by atoms with Gasteiger partial charge in [-0.25, -0.2) is 4.79 Å². The van der Waals surface area contributed by atoms with Crippen molar-refractivity contribution in [3.63, 3.8) is 0 Å². The Morgan fingerprint density at radius 1 is 1.31 bits per heavy atom. The number of alkyl halides is 3. The van der Waals surface area contributed by atoms with Crippen LogP contribution in [-0.4, -0.2) is 41.5 Å². The van der Waals surface area contributed by atoms with Gasteiger partial charge in [-0.2, -0.15) is 13.2 Å². The number of hydrogen-bond donors (Lipinski definition) is 1. The van der Waals surface area contributed by atoms with Gasteiger partial charge in [-0.3, -0.25) is 14.7 Å². The van der Waals surface area contributed by atoms with Gasteiger partial charge in [0.1, 0.15) is 6.04 Å². The van der Waals surface area contributed by atoms with Crippen LogP contribution in [0, 0.1) is 6.92 Å². The summed E-state index contributed by atoms with van der Waals surface area (Å²) in [4.78, 5) is 31.9. The second-order valence-corrected chi connectivity index (χ2v) is 7.05. The molecule has 1 fully saturated rings. The predicted molar refractivity (Wildman–Crippen MR) is 102 cm³/mol. The number of aromatic nitrogens is 1. The number of rotatable bonds is 4. The number of halogens is 4. The van der Waals surface area contributed by atoms with Crippen molar-refractivity contribution in [3.05, 3.63) is 58.4 Å². The van der Waals surface area contributed by atoms with E-state index in [0.717, 1.165) is 11.8 Å². The van der Waals surface area contributed by atoms with Crippen LogP contribution in [0.1, 0.15) is 16.8 Å². The van der Waals surface area contributed by atoms with Gasteiger partial charge in [-0.15, -0.1) is 0 Å². The number of hydrogen-bond acceptors (Lipinski definition) is 3. The van der Waals surface area contributed by atoms with E-state index in [2.05, 4.69) is 10.3 Å². The van der Waals surface area contributed by atoms with Crippen LogP contribution in [0.3, 0.4) is 0 Å². The maximum absolute atomic E-state index is 13.0. The molecule has 0 saturated carbocycles. The smallest absolute Gasteiger partial charge is 0.350 e. The third-order valence-electron chi connectivity index (χ3n) is 4.70. The monoisotopic (exact) mass is 426 g/mol. The maximum atomic E-state index is 13.0. The number of amides is 3. The highest BCUT2D eigenvalue weighted by Crippen LogP contribution is 2.36. The van der Waals surface area contributed by atoms with Gasteiger partial charge < -0.3 is 10.2 Å². The van der Waals surface area contributed by atoms with Crippen molar-refractivity contribution in [3.8, 4) is 0 Å². The Bertz CT molecular complexity index is 934. The lowest BCUT2D eigenvalue weighted by molar-refractivity contribution is -0.137. The lowest BCUT2D eigenvalue weighted by atomic mass is 10.1. The van der Waals surface area contributed by atoms with Crippen LogP contribution in [0.4, 0.5) is 23.7 Å². The molecule has 3 rings (SSSR count). The molecule has 10 heteroatoms. The molecule has 29 heavy (non-hydrogen) atoms. The minimum atomic E-state index is -4.59. The highest BCUT2D eigenvalue weighted by Gasteiger charge is 2.40. The molecule has 0 radical (unpaired) electrons. The molecule has 0 spiro atoms. The number of pyridine rings is 1. The third-order valence-corrected chi connectivity index (χ3v) is 5.15. The Morgan fingerprint density at radius 3 is 2.66 bits per heavy atom. The Balaban J connectivity index is 1.70. The van der Waals surface area contributed by atoms with Crippen LogP contribution in [0.25, 0.3) is 0 Å². The van der Waals surface area contributed by atoms with Crippen molar-refractivity contribution in [1.29, 1.82) is 0 Å². The molecule has 1 unspecified atom stereocenters. The Kier molecular flexibility index (Phi) is 5.70. The number of nitrogens with zero attached hydrogens (tertiary/aromatic N) is 3. The van der Waals surface area contributed by atoms with Crippen molar-refractivity contribution in [2.45, 2.75) is 25.7 Å². The first kappa shape index (κ1) is 20.9. The number of aryl methyl sites for hydroxylation is 1. The van der Waals surface area contributed by atoms with Crippen molar-refractivity contribution < 1.29 is 22.8 Å².